The molecule has 1 unspecified atom stereocenters. The molecule has 9 nitrogen and oxygen atoms in total. The minimum atomic E-state index is -0.322. The van der Waals surface area contributed by atoms with Crippen molar-refractivity contribution < 1.29 is 13.9 Å². The predicted molar refractivity (Wildman–Crippen MR) is 134 cm³/mol. The Morgan fingerprint density at radius 1 is 0.919 bits per heavy atom. The highest BCUT2D eigenvalue weighted by atomic mass is 16.5. The minimum Gasteiger partial charge on any atom is -0.485 e. The molecule has 0 bridgehead atoms. The Morgan fingerprint density at radius 2 is 1.76 bits per heavy atom. The Labute approximate surface area is 211 Å². The molecule has 0 saturated carbocycles. The molecule has 0 saturated heterocycles. The summed E-state index contributed by atoms with van der Waals surface area (Å²) < 4.78 is 21.8. The molecule has 0 amide bonds. The van der Waals surface area contributed by atoms with Crippen molar-refractivity contribution >= 4 is 5.65 Å². The van der Waals surface area contributed by atoms with Gasteiger partial charge in [0.1, 0.15) is 24.4 Å². The summed E-state index contributed by atoms with van der Waals surface area (Å²) in [6.45, 7) is 4.21. The van der Waals surface area contributed by atoms with Gasteiger partial charge >= 0.3 is 0 Å². The van der Waals surface area contributed by atoms with Crippen LogP contribution >= 0.6 is 0 Å². The largest absolute Gasteiger partial charge is 0.485 e. The maximum absolute atomic E-state index is 6.41. The van der Waals surface area contributed by atoms with E-state index >= 15 is 0 Å². The van der Waals surface area contributed by atoms with E-state index in [2.05, 4.69) is 10.1 Å². The Morgan fingerprint density at radius 3 is 2.57 bits per heavy atom. The fourth-order valence-electron chi connectivity index (χ4n) is 4.83. The molecule has 7 rings (SSSR count). The summed E-state index contributed by atoms with van der Waals surface area (Å²) in [4.78, 5) is 9.45. The lowest BCUT2D eigenvalue weighted by atomic mass is 9.88. The molecule has 9 heteroatoms. The molecular weight excluding hydrogens is 468 g/mol. The van der Waals surface area contributed by atoms with Crippen LogP contribution in [0.15, 0.2) is 83.7 Å². The Hall–Kier alpha value is -4.92. The van der Waals surface area contributed by atoms with E-state index in [0.717, 1.165) is 39.6 Å². The van der Waals surface area contributed by atoms with Gasteiger partial charge < -0.3 is 13.9 Å². The number of aromatic nitrogens is 6. The number of furan rings is 1. The number of para-hydroxylation sites is 2. The molecule has 6 aromatic rings. The zero-order valence-corrected chi connectivity index (χ0v) is 20.2. The van der Waals surface area contributed by atoms with Crippen molar-refractivity contribution in [1.29, 1.82) is 0 Å². The van der Waals surface area contributed by atoms with Crippen LogP contribution in [-0.2, 0) is 6.61 Å². The number of aryl methyl sites for hydroxylation is 2. The first kappa shape index (κ1) is 21.4. The lowest BCUT2D eigenvalue weighted by Crippen LogP contribution is -2.15. The molecule has 1 aliphatic heterocycles. The first-order valence-electron chi connectivity index (χ1n) is 12.0. The highest BCUT2D eigenvalue weighted by molar-refractivity contribution is 5.65. The molecule has 0 fully saturated rings. The fourth-order valence-corrected chi connectivity index (χ4v) is 4.83. The molecule has 1 aliphatic rings. The summed E-state index contributed by atoms with van der Waals surface area (Å²) >= 11 is 0. The first-order valence-corrected chi connectivity index (χ1v) is 12.0. The topological polar surface area (TPSA) is 92.5 Å². The van der Waals surface area contributed by atoms with Crippen LogP contribution in [0.2, 0.25) is 0 Å². The molecule has 0 N–H and O–H groups in total. The van der Waals surface area contributed by atoms with Crippen molar-refractivity contribution in [3.05, 3.63) is 113 Å². The Kier molecular flexibility index (Phi) is 4.81. The summed E-state index contributed by atoms with van der Waals surface area (Å²) in [7, 11) is 0. The van der Waals surface area contributed by atoms with Crippen LogP contribution < -0.4 is 9.47 Å². The SMILES string of the molecule is Cc1ccccc1OCc1nc2c3c(ncn2n1)Oc1c(c(C)nn1-c1ccccc1)C3c1ccco1. The number of rotatable bonds is 5. The van der Waals surface area contributed by atoms with Crippen LogP contribution in [0.5, 0.6) is 17.5 Å². The summed E-state index contributed by atoms with van der Waals surface area (Å²) in [5, 5.41) is 9.45. The minimum absolute atomic E-state index is 0.226. The molecule has 37 heavy (non-hydrogen) atoms. The zero-order valence-electron chi connectivity index (χ0n) is 20.2. The van der Waals surface area contributed by atoms with Gasteiger partial charge in [0, 0.05) is 0 Å². The van der Waals surface area contributed by atoms with E-state index in [1.807, 2.05) is 80.6 Å². The molecule has 0 aliphatic carbocycles. The molecule has 2 aromatic carbocycles. The third-order valence-electron chi connectivity index (χ3n) is 6.54. The predicted octanol–water partition coefficient (Wildman–Crippen LogP) is 5.38. The third-order valence-corrected chi connectivity index (χ3v) is 6.54. The third kappa shape index (κ3) is 3.47. The monoisotopic (exact) mass is 490 g/mol. The van der Waals surface area contributed by atoms with Gasteiger partial charge in [-0.05, 0) is 49.7 Å². The van der Waals surface area contributed by atoms with E-state index in [-0.39, 0.29) is 12.5 Å². The van der Waals surface area contributed by atoms with Gasteiger partial charge in [0.15, 0.2) is 11.5 Å². The number of ether oxygens (including phenoxy) is 2. The number of fused-ring (bicyclic) bond motifs is 4. The van der Waals surface area contributed by atoms with Crippen molar-refractivity contribution in [3.8, 4) is 23.2 Å². The molecule has 5 heterocycles. The average Bonchev–Trinajstić information content (AvgIpc) is 3.67. The second-order valence-corrected chi connectivity index (χ2v) is 8.92. The summed E-state index contributed by atoms with van der Waals surface area (Å²) in [5.41, 5.74) is 5.09. The van der Waals surface area contributed by atoms with Crippen LogP contribution in [0.1, 0.15) is 39.9 Å². The average molecular weight is 491 g/mol. The molecule has 4 aromatic heterocycles. The fraction of sp³-hybridized carbons (Fsp3) is 0.143. The molecular formula is C28H22N6O3. The van der Waals surface area contributed by atoms with E-state index in [0.29, 0.717) is 23.2 Å². The van der Waals surface area contributed by atoms with Gasteiger partial charge in [-0.25, -0.2) is 19.2 Å². The number of hydrogen-bond acceptors (Lipinski definition) is 7. The van der Waals surface area contributed by atoms with Crippen molar-refractivity contribution in [2.24, 2.45) is 0 Å². The lowest BCUT2D eigenvalue weighted by Gasteiger charge is -2.24. The van der Waals surface area contributed by atoms with Gasteiger partial charge in [0.25, 0.3) is 0 Å². The zero-order chi connectivity index (χ0) is 24.9. The Bertz CT molecular complexity index is 1740. The van der Waals surface area contributed by atoms with E-state index in [4.69, 9.17) is 24.0 Å². The van der Waals surface area contributed by atoms with E-state index in [9.17, 15) is 0 Å². The molecule has 182 valence electrons. The summed E-state index contributed by atoms with van der Waals surface area (Å²) in [5.74, 6) is 2.81. The highest BCUT2D eigenvalue weighted by Gasteiger charge is 2.39. The summed E-state index contributed by atoms with van der Waals surface area (Å²) in [6, 6.07) is 21.6. The van der Waals surface area contributed by atoms with Crippen molar-refractivity contribution in [1.82, 2.24) is 29.4 Å². The van der Waals surface area contributed by atoms with E-state index in [1.54, 1.807) is 21.8 Å². The lowest BCUT2D eigenvalue weighted by molar-refractivity contribution is 0.294. The molecule has 1 atom stereocenters. The van der Waals surface area contributed by atoms with Crippen LogP contribution in [0.3, 0.4) is 0 Å². The van der Waals surface area contributed by atoms with Gasteiger partial charge in [0.05, 0.1) is 34.7 Å². The molecule has 0 radical (unpaired) electrons. The van der Waals surface area contributed by atoms with Crippen LogP contribution in [0.4, 0.5) is 0 Å². The first-order chi connectivity index (χ1) is 18.2. The van der Waals surface area contributed by atoms with Crippen molar-refractivity contribution in [2.45, 2.75) is 26.4 Å². The van der Waals surface area contributed by atoms with Gasteiger partial charge in [-0.15, -0.1) is 5.10 Å². The van der Waals surface area contributed by atoms with Crippen molar-refractivity contribution in [3.63, 3.8) is 0 Å². The Balaban J connectivity index is 1.36. The number of benzene rings is 2. The highest BCUT2D eigenvalue weighted by Crippen LogP contribution is 2.49. The summed E-state index contributed by atoms with van der Waals surface area (Å²) in [6.07, 6.45) is 3.28. The van der Waals surface area contributed by atoms with Crippen LogP contribution in [0, 0.1) is 13.8 Å². The quantitative estimate of drug-likeness (QED) is 0.320. The van der Waals surface area contributed by atoms with Gasteiger partial charge in [0.2, 0.25) is 11.8 Å². The van der Waals surface area contributed by atoms with Crippen molar-refractivity contribution in [2.75, 3.05) is 0 Å². The maximum Gasteiger partial charge on any atom is 0.230 e. The maximum atomic E-state index is 6.41. The van der Waals surface area contributed by atoms with Gasteiger partial charge in [-0.1, -0.05) is 36.4 Å². The smallest absolute Gasteiger partial charge is 0.230 e. The van der Waals surface area contributed by atoms with Crippen LogP contribution in [-0.4, -0.2) is 29.4 Å². The standard InChI is InChI=1S/C28H22N6O3/c1-17-9-6-7-12-20(17)36-15-22-30-26-25-24(21-13-8-14-35-21)23-18(2)31-34(19-10-4-3-5-11-19)28(23)37-27(25)29-16-33(26)32-22/h3-14,16,24H,15H2,1-2H3. The van der Waals surface area contributed by atoms with E-state index in [1.165, 1.54) is 0 Å². The molecule has 0 spiro atoms. The van der Waals surface area contributed by atoms with Crippen LogP contribution in [0.25, 0.3) is 11.3 Å². The number of hydrogen-bond donors (Lipinski definition) is 0. The number of nitrogens with zero attached hydrogens (tertiary/aromatic N) is 6. The second-order valence-electron chi connectivity index (χ2n) is 8.92. The van der Waals surface area contributed by atoms with Gasteiger partial charge in [-0.2, -0.15) is 5.10 Å². The second kappa shape index (κ2) is 8.34. The van der Waals surface area contributed by atoms with E-state index < -0.39 is 0 Å². The normalized spacial score (nSPS) is 14.3. The van der Waals surface area contributed by atoms with Gasteiger partial charge in [-0.3, -0.25) is 0 Å².